The number of carboxylic acid groups (broad SMARTS) is 1. The second kappa shape index (κ2) is 8.11. The van der Waals surface area contributed by atoms with Crippen molar-refractivity contribution in [2.45, 2.75) is 52.0 Å². The molecule has 0 unspecified atom stereocenters. The second-order valence-corrected chi connectivity index (χ2v) is 6.92. The highest BCUT2D eigenvalue weighted by molar-refractivity contribution is 5.80. The smallest absolute Gasteiger partial charge is 0.320 e. The van der Waals surface area contributed by atoms with Crippen LogP contribution in [0.3, 0.4) is 0 Å². The van der Waals surface area contributed by atoms with E-state index in [1.807, 2.05) is 19.1 Å². The molecule has 0 heterocycles. The van der Waals surface area contributed by atoms with Crippen molar-refractivity contribution in [2.24, 2.45) is 11.7 Å². The summed E-state index contributed by atoms with van der Waals surface area (Å²) >= 11 is 0. The van der Waals surface area contributed by atoms with E-state index in [2.05, 4.69) is 38.2 Å². The van der Waals surface area contributed by atoms with Crippen molar-refractivity contribution in [2.75, 3.05) is 6.54 Å². The standard InChI is InChI=1S/C18H28N2O3/c1-5-20-16(21)13(11-15(19)17(22)23)10-12-6-8-14(9-7-12)18(2,3)4/h6-9,13,15H,5,10-11,19H2,1-4H3,(H,20,21)(H,22,23)/t13-,15+/m1/s1. The first kappa shape index (κ1) is 19.2. The Morgan fingerprint density at radius 2 is 1.78 bits per heavy atom. The van der Waals surface area contributed by atoms with Crippen LogP contribution < -0.4 is 11.1 Å². The number of carboxylic acids is 1. The topological polar surface area (TPSA) is 92.4 Å². The molecule has 0 bridgehead atoms. The quantitative estimate of drug-likeness (QED) is 0.717. The van der Waals surface area contributed by atoms with E-state index >= 15 is 0 Å². The second-order valence-electron chi connectivity index (χ2n) is 6.92. The minimum absolute atomic E-state index is 0.0726. The number of carbonyl (C=O) groups excluding carboxylic acids is 1. The normalized spacial score (nSPS) is 14.1. The average molecular weight is 320 g/mol. The lowest BCUT2D eigenvalue weighted by atomic mass is 9.85. The number of hydrogen-bond acceptors (Lipinski definition) is 3. The molecule has 0 aliphatic rings. The van der Waals surface area contributed by atoms with E-state index in [1.165, 1.54) is 5.56 Å². The highest BCUT2D eigenvalue weighted by Crippen LogP contribution is 2.23. The van der Waals surface area contributed by atoms with Crippen molar-refractivity contribution >= 4 is 11.9 Å². The molecular weight excluding hydrogens is 292 g/mol. The van der Waals surface area contributed by atoms with Crippen molar-refractivity contribution in [3.8, 4) is 0 Å². The molecule has 0 spiro atoms. The van der Waals surface area contributed by atoms with Gasteiger partial charge in [0.1, 0.15) is 6.04 Å². The number of nitrogens with one attached hydrogen (secondary N) is 1. The first-order valence-corrected chi connectivity index (χ1v) is 8.00. The summed E-state index contributed by atoms with van der Waals surface area (Å²) in [7, 11) is 0. The fourth-order valence-electron chi connectivity index (χ4n) is 2.43. The maximum absolute atomic E-state index is 12.2. The first-order valence-electron chi connectivity index (χ1n) is 8.00. The van der Waals surface area contributed by atoms with Crippen LogP contribution in [-0.2, 0) is 21.4 Å². The van der Waals surface area contributed by atoms with Gasteiger partial charge >= 0.3 is 5.97 Å². The summed E-state index contributed by atoms with van der Waals surface area (Å²) in [6, 6.07) is 7.08. The van der Waals surface area contributed by atoms with Gasteiger partial charge in [-0.2, -0.15) is 0 Å². The Morgan fingerprint density at radius 3 is 2.22 bits per heavy atom. The lowest BCUT2D eigenvalue weighted by Gasteiger charge is -2.21. The van der Waals surface area contributed by atoms with E-state index < -0.39 is 17.9 Å². The molecule has 0 radical (unpaired) electrons. The number of benzene rings is 1. The zero-order valence-electron chi connectivity index (χ0n) is 14.4. The van der Waals surface area contributed by atoms with Crippen molar-refractivity contribution in [1.82, 2.24) is 5.32 Å². The van der Waals surface area contributed by atoms with Gasteiger partial charge in [-0.3, -0.25) is 9.59 Å². The average Bonchev–Trinajstić information content (AvgIpc) is 2.46. The molecule has 0 aliphatic heterocycles. The van der Waals surface area contributed by atoms with Crippen LogP contribution in [0.5, 0.6) is 0 Å². The summed E-state index contributed by atoms with van der Waals surface area (Å²) < 4.78 is 0. The molecule has 2 atom stereocenters. The van der Waals surface area contributed by atoms with E-state index in [0.29, 0.717) is 13.0 Å². The van der Waals surface area contributed by atoms with Crippen molar-refractivity contribution in [3.05, 3.63) is 35.4 Å². The predicted molar refractivity (Wildman–Crippen MR) is 91.2 cm³/mol. The van der Waals surface area contributed by atoms with Crippen LogP contribution in [0.2, 0.25) is 0 Å². The first-order chi connectivity index (χ1) is 10.6. The van der Waals surface area contributed by atoms with Gasteiger partial charge in [-0.25, -0.2) is 0 Å². The number of amides is 1. The van der Waals surface area contributed by atoms with E-state index in [0.717, 1.165) is 5.56 Å². The number of carbonyl (C=O) groups is 2. The van der Waals surface area contributed by atoms with Crippen molar-refractivity contribution in [3.63, 3.8) is 0 Å². The molecular formula is C18H28N2O3. The molecule has 0 aliphatic carbocycles. The van der Waals surface area contributed by atoms with Gasteiger partial charge in [-0.15, -0.1) is 0 Å². The summed E-state index contributed by atoms with van der Waals surface area (Å²) in [6.07, 6.45) is 0.611. The van der Waals surface area contributed by atoms with Gasteiger partial charge in [0.25, 0.3) is 0 Å². The third-order valence-corrected chi connectivity index (χ3v) is 3.88. The summed E-state index contributed by atoms with van der Waals surface area (Å²) in [5, 5.41) is 11.7. The molecule has 1 amide bonds. The van der Waals surface area contributed by atoms with Gasteiger partial charge in [-0.05, 0) is 36.3 Å². The Kier molecular flexibility index (Phi) is 6.76. The molecule has 1 rings (SSSR count). The molecule has 4 N–H and O–H groups in total. The summed E-state index contributed by atoms with van der Waals surface area (Å²) in [4.78, 5) is 23.1. The third-order valence-electron chi connectivity index (χ3n) is 3.88. The third kappa shape index (κ3) is 6.02. The Bertz CT molecular complexity index is 532. The van der Waals surface area contributed by atoms with E-state index in [4.69, 9.17) is 10.8 Å². The summed E-state index contributed by atoms with van der Waals surface area (Å²) in [5.41, 5.74) is 7.91. The maximum atomic E-state index is 12.2. The summed E-state index contributed by atoms with van der Waals surface area (Å²) in [5.74, 6) is -1.67. The molecule has 5 heteroatoms. The Balaban J connectivity index is 2.87. The zero-order chi connectivity index (χ0) is 17.6. The SMILES string of the molecule is CCNC(=O)[C@H](Cc1ccc(C(C)(C)C)cc1)C[C@H](N)C(=O)O. The monoisotopic (exact) mass is 320 g/mol. The molecule has 0 saturated heterocycles. The number of aliphatic carboxylic acids is 1. The van der Waals surface area contributed by atoms with Crippen molar-refractivity contribution in [1.29, 1.82) is 0 Å². The molecule has 1 aromatic carbocycles. The predicted octanol–water partition coefficient (Wildman–Crippen LogP) is 2.08. The highest BCUT2D eigenvalue weighted by atomic mass is 16.4. The fraction of sp³-hybridized carbons (Fsp3) is 0.556. The largest absolute Gasteiger partial charge is 0.480 e. The van der Waals surface area contributed by atoms with Gasteiger partial charge in [0.2, 0.25) is 5.91 Å². The van der Waals surface area contributed by atoms with Gasteiger partial charge in [0, 0.05) is 12.5 Å². The maximum Gasteiger partial charge on any atom is 0.320 e. The van der Waals surface area contributed by atoms with Crippen LogP contribution in [0.1, 0.15) is 45.2 Å². The fourth-order valence-corrected chi connectivity index (χ4v) is 2.43. The van der Waals surface area contributed by atoms with E-state index in [1.54, 1.807) is 0 Å². The lowest BCUT2D eigenvalue weighted by molar-refractivity contribution is -0.139. The van der Waals surface area contributed by atoms with E-state index in [9.17, 15) is 9.59 Å². The number of hydrogen-bond donors (Lipinski definition) is 3. The van der Waals surface area contributed by atoms with Gasteiger partial charge < -0.3 is 16.2 Å². The zero-order valence-corrected chi connectivity index (χ0v) is 14.4. The Morgan fingerprint density at radius 1 is 1.22 bits per heavy atom. The number of nitrogens with two attached hydrogens (primary N) is 1. The lowest BCUT2D eigenvalue weighted by Crippen LogP contribution is -2.39. The van der Waals surface area contributed by atoms with Crippen LogP contribution >= 0.6 is 0 Å². The molecule has 5 nitrogen and oxygen atoms in total. The van der Waals surface area contributed by atoms with Gasteiger partial charge in [0.15, 0.2) is 0 Å². The Labute approximate surface area is 138 Å². The minimum Gasteiger partial charge on any atom is -0.480 e. The minimum atomic E-state index is -1.08. The molecule has 0 aromatic heterocycles. The molecule has 0 fully saturated rings. The van der Waals surface area contributed by atoms with Crippen LogP contribution in [0.15, 0.2) is 24.3 Å². The van der Waals surface area contributed by atoms with Crippen molar-refractivity contribution < 1.29 is 14.7 Å². The van der Waals surface area contributed by atoms with Gasteiger partial charge in [0.05, 0.1) is 0 Å². The van der Waals surface area contributed by atoms with Crippen LogP contribution in [0.25, 0.3) is 0 Å². The van der Waals surface area contributed by atoms with Gasteiger partial charge in [-0.1, -0.05) is 45.0 Å². The molecule has 1 aromatic rings. The van der Waals surface area contributed by atoms with Crippen LogP contribution in [0, 0.1) is 5.92 Å². The van der Waals surface area contributed by atoms with Crippen LogP contribution in [-0.4, -0.2) is 29.6 Å². The molecule has 23 heavy (non-hydrogen) atoms. The van der Waals surface area contributed by atoms with E-state index in [-0.39, 0.29) is 17.7 Å². The molecule has 0 saturated carbocycles. The Hall–Kier alpha value is -1.88. The molecule has 128 valence electrons. The summed E-state index contributed by atoms with van der Waals surface area (Å²) in [6.45, 7) is 8.78. The number of rotatable bonds is 7. The highest BCUT2D eigenvalue weighted by Gasteiger charge is 2.25. The van der Waals surface area contributed by atoms with Crippen LogP contribution in [0.4, 0.5) is 0 Å².